The molecule has 0 heterocycles. The lowest BCUT2D eigenvalue weighted by Gasteiger charge is -2.13. The number of aryl methyl sites for hydroxylation is 1. The van der Waals surface area contributed by atoms with Crippen LogP contribution in [0.25, 0.3) is 0 Å². The molecule has 0 aliphatic carbocycles. The summed E-state index contributed by atoms with van der Waals surface area (Å²) in [6, 6.07) is 14.6. The molecule has 0 radical (unpaired) electrons. The van der Waals surface area contributed by atoms with Gasteiger partial charge in [0.25, 0.3) is 0 Å². The summed E-state index contributed by atoms with van der Waals surface area (Å²) in [5.74, 6) is 1.27. The number of rotatable bonds is 6. The summed E-state index contributed by atoms with van der Waals surface area (Å²) < 4.78 is 19.3. The van der Waals surface area contributed by atoms with Crippen LogP contribution in [-0.4, -0.2) is 26.2 Å². The maximum absolute atomic E-state index is 13.6. The zero-order valence-corrected chi connectivity index (χ0v) is 16.2. The molecule has 0 bridgehead atoms. The Bertz CT molecular complexity index is 664. The quantitative estimate of drug-likeness (QED) is 0.311. The summed E-state index contributed by atoms with van der Waals surface area (Å²) >= 11 is 0. The Morgan fingerprint density at radius 2 is 1.79 bits per heavy atom. The molecule has 2 aromatic rings. The van der Waals surface area contributed by atoms with Crippen LogP contribution in [0, 0.1) is 12.7 Å². The number of aliphatic imine (C=N–C) groups is 1. The molecule has 0 aliphatic rings. The molecule has 0 atom stereocenters. The summed E-state index contributed by atoms with van der Waals surface area (Å²) in [6.45, 7) is 3.51. The highest BCUT2D eigenvalue weighted by Gasteiger charge is 2.03. The minimum absolute atomic E-state index is 0. The predicted molar refractivity (Wildman–Crippen MR) is 107 cm³/mol. The molecule has 24 heavy (non-hydrogen) atoms. The highest BCUT2D eigenvalue weighted by atomic mass is 127. The zero-order chi connectivity index (χ0) is 16.5. The Labute approximate surface area is 159 Å². The van der Waals surface area contributed by atoms with Crippen LogP contribution in [-0.2, 0) is 6.54 Å². The second-order valence-electron chi connectivity index (χ2n) is 5.06. The standard InChI is InChI=1S/C18H22FN3O.HI/c1-14-7-3-6-10-17(14)23-12-11-21-18(20-2)22-13-15-8-4-5-9-16(15)19;/h3-10H,11-13H2,1-2H3,(H2,20,21,22);1H. The predicted octanol–water partition coefficient (Wildman–Crippen LogP) is 3.50. The molecular weight excluding hydrogens is 420 g/mol. The number of hydrogen-bond donors (Lipinski definition) is 2. The van der Waals surface area contributed by atoms with E-state index in [1.165, 1.54) is 6.07 Å². The van der Waals surface area contributed by atoms with Gasteiger partial charge in [-0.2, -0.15) is 0 Å². The third-order valence-corrected chi connectivity index (χ3v) is 3.37. The second-order valence-corrected chi connectivity index (χ2v) is 5.06. The van der Waals surface area contributed by atoms with E-state index in [2.05, 4.69) is 15.6 Å². The molecule has 0 saturated heterocycles. The Kier molecular flexibility index (Phi) is 9.14. The molecule has 0 unspecified atom stereocenters. The van der Waals surface area contributed by atoms with Crippen molar-refractivity contribution in [1.29, 1.82) is 0 Å². The Morgan fingerprint density at radius 3 is 2.50 bits per heavy atom. The lowest BCUT2D eigenvalue weighted by atomic mass is 10.2. The van der Waals surface area contributed by atoms with Crippen molar-refractivity contribution in [1.82, 2.24) is 10.6 Å². The molecule has 4 nitrogen and oxygen atoms in total. The van der Waals surface area contributed by atoms with Gasteiger partial charge in [-0.05, 0) is 24.6 Å². The van der Waals surface area contributed by atoms with Gasteiger partial charge < -0.3 is 15.4 Å². The van der Waals surface area contributed by atoms with Crippen molar-refractivity contribution in [3.05, 3.63) is 65.5 Å². The van der Waals surface area contributed by atoms with Crippen molar-refractivity contribution in [2.24, 2.45) is 4.99 Å². The van der Waals surface area contributed by atoms with Crippen molar-refractivity contribution in [3.63, 3.8) is 0 Å². The van der Waals surface area contributed by atoms with Crippen molar-refractivity contribution in [2.75, 3.05) is 20.2 Å². The topological polar surface area (TPSA) is 45.7 Å². The smallest absolute Gasteiger partial charge is 0.191 e. The number of benzene rings is 2. The van der Waals surface area contributed by atoms with Gasteiger partial charge in [0.1, 0.15) is 18.2 Å². The lowest BCUT2D eigenvalue weighted by Crippen LogP contribution is -2.39. The first-order chi connectivity index (χ1) is 11.2. The normalized spacial score (nSPS) is 10.7. The molecule has 6 heteroatoms. The van der Waals surface area contributed by atoms with Gasteiger partial charge in [-0.1, -0.05) is 36.4 Å². The van der Waals surface area contributed by atoms with Crippen LogP contribution < -0.4 is 15.4 Å². The van der Waals surface area contributed by atoms with Gasteiger partial charge in [0.2, 0.25) is 0 Å². The third kappa shape index (κ3) is 6.35. The van der Waals surface area contributed by atoms with Gasteiger partial charge in [-0.15, -0.1) is 24.0 Å². The molecular formula is C18H23FIN3O. The Balaban J connectivity index is 0.00000288. The second kappa shape index (κ2) is 10.9. The highest BCUT2D eigenvalue weighted by Crippen LogP contribution is 2.15. The van der Waals surface area contributed by atoms with E-state index in [1.54, 1.807) is 19.2 Å². The fourth-order valence-corrected chi connectivity index (χ4v) is 2.09. The lowest BCUT2D eigenvalue weighted by molar-refractivity contribution is 0.320. The average Bonchev–Trinajstić information content (AvgIpc) is 2.57. The molecule has 2 rings (SSSR count). The molecule has 130 valence electrons. The van der Waals surface area contributed by atoms with E-state index in [1.807, 2.05) is 37.3 Å². The van der Waals surface area contributed by atoms with Crippen LogP contribution in [0.5, 0.6) is 5.75 Å². The fraction of sp³-hybridized carbons (Fsp3) is 0.278. The number of halogens is 2. The number of ether oxygens (including phenoxy) is 1. The third-order valence-electron chi connectivity index (χ3n) is 3.37. The molecule has 0 amide bonds. The summed E-state index contributed by atoms with van der Waals surface area (Å²) in [4.78, 5) is 4.11. The van der Waals surface area contributed by atoms with Crippen LogP contribution in [0.3, 0.4) is 0 Å². The summed E-state index contributed by atoms with van der Waals surface area (Å²) in [6.07, 6.45) is 0. The molecule has 0 spiro atoms. The minimum Gasteiger partial charge on any atom is -0.491 e. The molecule has 0 aromatic heterocycles. The average molecular weight is 443 g/mol. The van der Waals surface area contributed by atoms with E-state index in [-0.39, 0.29) is 29.8 Å². The van der Waals surface area contributed by atoms with Gasteiger partial charge in [0, 0.05) is 19.2 Å². The maximum atomic E-state index is 13.6. The van der Waals surface area contributed by atoms with Crippen LogP contribution in [0.15, 0.2) is 53.5 Å². The molecule has 2 aromatic carbocycles. The number of nitrogens with one attached hydrogen (secondary N) is 2. The van der Waals surface area contributed by atoms with Gasteiger partial charge in [-0.3, -0.25) is 4.99 Å². The number of guanidine groups is 1. The van der Waals surface area contributed by atoms with Crippen LogP contribution in [0.4, 0.5) is 4.39 Å². The first-order valence-electron chi connectivity index (χ1n) is 7.57. The number of nitrogens with zero attached hydrogens (tertiary/aromatic N) is 1. The highest BCUT2D eigenvalue weighted by molar-refractivity contribution is 14.0. The van der Waals surface area contributed by atoms with Gasteiger partial charge in [0.15, 0.2) is 5.96 Å². The monoisotopic (exact) mass is 443 g/mol. The largest absolute Gasteiger partial charge is 0.491 e. The Hall–Kier alpha value is -1.83. The minimum atomic E-state index is -0.224. The van der Waals surface area contributed by atoms with Gasteiger partial charge >= 0.3 is 0 Å². The van der Waals surface area contributed by atoms with E-state index < -0.39 is 0 Å². The van der Waals surface area contributed by atoms with Crippen molar-refractivity contribution >= 4 is 29.9 Å². The molecule has 0 saturated carbocycles. The van der Waals surface area contributed by atoms with Crippen LogP contribution >= 0.6 is 24.0 Å². The van der Waals surface area contributed by atoms with Crippen LogP contribution in [0.1, 0.15) is 11.1 Å². The zero-order valence-electron chi connectivity index (χ0n) is 13.9. The number of hydrogen-bond acceptors (Lipinski definition) is 2. The molecule has 0 fully saturated rings. The van der Waals surface area contributed by atoms with E-state index >= 15 is 0 Å². The summed E-state index contributed by atoms with van der Waals surface area (Å²) in [7, 11) is 1.68. The van der Waals surface area contributed by atoms with E-state index in [0.717, 1.165) is 11.3 Å². The van der Waals surface area contributed by atoms with Gasteiger partial charge in [0.05, 0.1) is 6.54 Å². The van der Waals surface area contributed by atoms with Crippen molar-refractivity contribution in [3.8, 4) is 5.75 Å². The number of para-hydroxylation sites is 1. The summed E-state index contributed by atoms with van der Waals surface area (Å²) in [5.41, 5.74) is 1.71. The Morgan fingerprint density at radius 1 is 1.08 bits per heavy atom. The van der Waals surface area contributed by atoms with Crippen molar-refractivity contribution < 1.29 is 9.13 Å². The molecule has 0 aliphatic heterocycles. The van der Waals surface area contributed by atoms with E-state index in [9.17, 15) is 4.39 Å². The van der Waals surface area contributed by atoms with E-state index in [0.29, 0.717) is 31.2 Å². The fourth-order valence-electron chi connectivity index (χ4n) is 2.09. The maximum Gasteiger partial charge on any atom is 0.191 e. The van der Waals surface area contributed by atoms with Crippen molar-refractivity contribution in [2.45, 2.75) is 13.5 Å². The van der Waals surface area contributed by atoms with E-state index in [4.69, 9.17) is 4.74 Å². The first kappa shape index (κ1) is 20.2. The van der Waals surface area contributed by atoms with Crippen LogP contribution in [0.2, 0.25) is 0 Å². The molecule has 2 N–H and O–H groups in total. The van der Waals surface area contributed by atoms with Gasteiger partial charge in [-0.25, -0.2) is 4.39 Å². The SMILES string of the molecule is CN=C(NCCOc1ccccc1C)NCc1ccccc1F.I. The summed E-state index contributed by atoms with van der Waals surface area (Å²) in [5, 5.41) is 6.22. The first-order valence-corrected chi connectivity index (χ1v) is 7.57.